The van der Waals surface area contributed by atoms with Gasteiger partial charge in [-0.1, -0.05) is 133 Å². The van der Waals surface area contributed by atoms with Crippen LogP contribution in [0.2, 0.25) is 0 Å². The van der Waals surface area contributed by atoms with E-state index in [-0.39, 0.29) is 17.5 Å². The van der Waals surface area contributed by atoms with Crippen molar-refractivity contribution in [1.82, 2.24) is 0 Å². The summed E-state index contributed by atoms with van der Waals surface area (Å²) in [6.07, 6.45) is 7.69. The van der Waals surface area contributed by atoms with Gasteiger partial charge in [-0.05, 0) is 147 Å². The minimum atomic E-state index is -0.0843. The first kappa shape index (κ1) is 48.4. The Bertz CT molecular complexity index is 4680. The molecule has 0 amide bonds. The quantitative estimate of drug-likeness (QED) is 0.155. The van der Waals surface area contributed by atoms with E-state index >= 15 is 0 Å². The van der Waals surface area contributed by atoms with Crippen LogP contribution >= 0.6 is 22.7 Å². The fraction of sp³-hybridized carbons (Fsp3) is 0.108. The summed E-state index contributed by atoms with van der Waals surface area (Å²) in [5, 5.41) is 6.76. The van der Waals surface area contributed by atoms with Crippen LogP contribution in [0, 0.1) is 0 Å². The van der Waals surface area contributed by atoms with Crippen LogP contribution in [0.25, 0.3) is 109 Å². The summed E-state index contributed by atoms with van der Waals surface area (Å²) >= 11 is 3.88. The lowest BCUT2D eigenvalue weighted by molar-refractivity contribution is 0.591. The van der Waals surface area contributed by atoms with E-state index < -0.39 is 0 Å². The third kappa shape index (κ3) is 7.33. The van der Waals surface area contributed by atoms with Gasteiger partial charge in [0.2, 0.25) is 0 Å². The number of benzene rings is 9. The molecule has 0 N–H and O–H groups in total. The van der Waals surface area contributed by atoms with E-state index in [2.05, 4.69) is 215 Å². The second kappa shape index (κ2) is 17.6. The molecule has 6 aromatic heterocycles. The van der Waals surface area contributed by atoms with Crippen LogP contribution in [0.4, 0.5) is 34.1 Å². The van der Waals surface area contributed by atoms with Crippen molar-refractivity contribution >= 4 is 143 Å². The fourth-order valence-corrected chi connectivity index (χ4v) is 15.9. The van der Waals surface area contributed by atoms with Gasteiger partial charge in [0.25, 0.3) is 6.71 Å². The van der Waals surface area contributed by atoms with Gasteiger partial charge in [-0.15, -0.1) is 22.7 Å². The van der Waals surface area contributed by atoms with Crippen molar-refractivity contribution in [3.05, 3.63) is 224 Å². The predicted molar refractivity (Wildman–Crippen MR) is 349 cm³/mol. The van der Waals surface area contributed by atoms with E-state index in [4.69, 9.17) is 17.7 Å². The van der Waals surface area contributed by atoms with Gasteiger partial charge in [0.1, 0.15) is 22.3 Å². The minimum Gasteiger partial charge on any atom is -0.464 e. The minimum absolute atomic E-state index is 0.0822. The molecular formula is C74H53BN2O4S2. The zero-order chi connectivity index (χ0) is 55.6. The molecule has 6 nitrogen and oxygen atoms in total. The van der Waals surface area contributed by atoms with E-state index in [0.29, 0.717) is 0 Å². The molecule has 0 unspecified atom stereocenters. The van der Waals surface area contributed by atoms with Gasteiger partial charge >= 0.3 is 0 Å². The van der Waals surface area contributed by atoms with Crippen LogP contribution in [0.15, 0.2) is 231 Å². The lowest BCUT2D eigenvalue weighted by Gasteiger charge is -2.42. The number of thiophene rings is 2. The van der Waals surface area contributed by atoms with E-state index in [1.807, 2.05) is 72.0 Å². The van der Waals surface area contributed by atoms with E-state index in [9.17, 15) is 0 Å². The molecule has 0 saturated heterocycles. The zero-order valence-corrected chi connectivity index (χ0v) is 48.3. The summed E-state index contributed by atoms with van der Waals surface area (Å²) in [5.74, 6) is 0. The van der Waals surface area contributed by atoms with E-state index in [0.717, 1.165) is 111 Å². The third-order valence-corrected chi connectivity index (χ3v) is 19.9. The predicted octanol–water partition coefficient (Wildman–Crippen LogP) is 20.4. The molecule has 17 rings (SSSR count). The SMILES string of the molecule is CC(C)(C)c1ccc2sc3c(c2c1)N(c1cc(-c2coc4ccccc24)cc(-c2coc4ccccc24)c1)c1cccc2c1B3c1sc3ccc(C(C)(C)C)cc3c1N2c1cc(-c2coc3ccccc23)cc(-c2coc3ccccc23)c1. The van der Waals surface area contributed by atoms with Crippen molar-refractivity contribution < 1.29 is 17.7 Å². The monoisotopic (exact) mass is 1110 g/mol. The molecule has 9 heteroatoms. The Kier molecular flexibility index (Phi) is 10.3. The van der Waals surface area contributed by atoms with Gasteiger partial charge in [-0.2, -0.15) is 0 Å². The Labute approximate surface area is 488 Å². The van der Waals surface area contributed by atoms with Crippen LogP contribution < -0.4 is 24.8 Å². The fourth-order valence-electron chi connectivity index (χ4n) is 13.3. The number of hydrogen-bond acceptors (Lipinski definition) is 8. The molecule has 83 heavy (non-hydrogen) atoms. The molecule has 0 aliphatic carbocycles. The number of anilines is 6. The standard InChI is InChI=1S/C74H53BN2O4S2/c1-73(2,3)46-26-28-66-54(36-46)69-71(82-66)75-68-60(76(69)48-32-42(56-38-78-62-22-11-7-16-50(56)62)30-43(33-48)57-39-79-63-23-12-8-17-51(57)63)20-15-21-61(68)77(70-55-37-47(74(4,5)6)27-29-67(55)83-72(70)75)49-34-44(58-40-80-64-24-13-9-18-52(58)64)31-45(35-49)59-41-81-65-25-14-10-19-53(59)65/h7-41H,1-6H3. The van der Waals surface area contributed by atoms with Gasteiger partial charge < -0.3 is 27.5 Å². The number of furan rings is 4. The Hall–Kier alpha value is -9.28. The van der Waals surface area contributed by atoms with Gasteiger partial charge in [0.15, 0.2) is 0 Å². The van der Waals surface area contributed by atoms with Crippen molar-refractivity contribution in [2.45, 2.75) is 52.4 Å². The summed E-state index contributed by atoms with van der Waals surface area (Å²) in [4.78, 5) is 5.19. The van der Waals surface area contributed by atoms with Crippen LogP contribution in [0.3, 0.4) is 0 Å². The van der Waals surface area contributed by atoms with Crippen molar-refractivity contribution in [2.24, 2.45) is 0 Å². The average Bonchev–Trinajstić information content (AvgIpc) is 1.84. The van der Waals surface area contributed by atoms with Crippen LogP contribution in [-0.4, -0.2) is 6.71 Å². The Morgan fingerprint density at radius 2 is 0.687 bits per heavy atom. The Morgan fingerprint density at radius 3 is 1.02 bits per heavy atom. The molecule has 15 aromatic rings. The lowest BCUT2D eigenvalue weighted by atomic mass is 9.39. The molecule has 2 aliphatic rings. The molecule has 0 saturated carbocycles. The molecule has 2 aliphatic heterocycles. The van der Waals surface area contributed by atoms with Gasteiger partial charge in [0, 0.05) is 96.3 Å². The summed E-state index contributed by atoms with van der Waals surface area (Å²) < 4.78 is 30.5. The zero-order valence-electron chi connectivity index (χ0n) is 46.6. The number of para-hydroxylation sites is 4. The summed E-state index contributed by atoms with van der Waals surface area (Å²) in [6.45, 7) is 13.8. The van der Waals surface area contributed by atoms with E-state index in [1.165, 1.54) is 57.7 Å². The van der Waals surface area contributed by atoms with Crippen LogP contribution in [-0.2, 0) is 10.8 Å². The molecule has 0 fully saturated rings. The highest BCUT2D eigenvalue weighted by molar-refractivity contribution is 7.40. The first-order chi connectivity index (χ1) is 40.4. The summed E-state index contributed by atoms with van der Waals surface area (Å²) in [5.41, 5.74) is 22.3. The highest BCUT2D eigenvalue weighted by Crippen LogP contribution is 2.53. The summed E-state index contributed by atoms with van der Waals surface area (Å²) in [7, 11) is 0. The normalized spacial score (nSPS) is 13.3. The molecular weight excluding hydrogens is 1060 g/mol. The third-order valence-electron chi connectivity index (χ3n) is 17.4. The largest absolute Gasteiger partial charge is 0.464 e. The van der Waals surface area contributed by atoms with Crippen molar-refractivity contribution in [3.63, 3.8) is 0 Å². The number of nitrogens with zero attached hydrogens (tertiary/aromatic N) is 2. The van der Waals surface area contributed by atoms with Crippen LogP contribution in [0.1, 0.15) is 52.7 Å². The topological polar surface area (TPSA) is 59.0 Å². The number of hydrogen-bond donors (Lipinski definition) is 0. The number of rotatable bonds is 6. The maximum absolute atomic E-state index is 6.34. The highest BCUT2D eigenvalue weighted by atomic mass is 32.1. The molecule has 0 atom stereocenters. The molecule has 0 spiro atoms. The molecule has 8 heterocycles. The smallest absolute Gasteiger partial charge is 0.277 e. The van der Waals surface area contributed by atoms with Crippen molar-refractivity contribution in [2.75, 3.05) is 9.80 Å². The first-order valence-corrected chi connectivity index (χ1v) is 30.1. The Morgan fingerprint density at radius 1 is 0.349 bits per heavy atom. The van der Waals surface area contributed by atoms with Gasteiger partial charge in [-0.25, -0.2) is 0 Å². The van der Waals surface area contributed by atoms with Gasteiger partial charge in [0.05, 0.1) is 36.4 Å². The lowest BCUT2D eigenvalue weighted by Crippen LogP contribution is -2.59. The number of fused-ring (bicyclic) bond motifs is 12. The highest BCUT2D eigenvalue weighted by Gasteiger charge is 2.47. The second-order valence-electron chi connectivity index (χ2n) is 24.5. The van der Waals surface area contributed by atoms with E-state index in [1.54, 1.807) is 0 Å². The molecule has 0 radical (unpaired) electrons. The summed E-state index contributed by atoms with van der Waals surface area (Å²) in [6, 6.07) is 69.0. The molecule has 9 aromatic carbocycles. The van der Waals surface area contributed by atoms with Crippen molar-refractivity contribution in [1.29, 1.82) is 0 Å². The van der Waals surface area contributed by atoms with Crippen LogP contribution in [0.5, 0.6) is 0 Å². The molecule has 398 valence electrons. The maximum Gasteiger partial charge on any atom is 0.277 e. The first-order valence-electron chi connectivity index (χ1n) is 28.4. The Balaban J connectivity index is 0.986. The maximum atomic E-state index is 6.34. The van der Waals surface area contributed by atoms with Gasteiger partial charge in [-0.3, -0.25) is 0 Å². The van der Waals surface area contributed by atoms with Crippen molar-refractivity contribution in [3.8, 4) is 44.5 Å². The average molecular weight is 1110 g/mol. The molecule has 0 bridgehead atoms. The second-order valence-corrected chi connectivity index (χ2v) is 26.7.